The fourth-order valence-electron chi connectivity index (χ4n) is 5.51. The molecule has 4 rings (SSSR count). The number of ether oxygens (including phenoxy) is 2. The lowest BCUT2D eigenvalue weighted by molar-refractivity contribution is -0.155. The Labute approximate surface area is 264 Å². The Hall–Kier alpha value is -3.67. The van der Waals surface area contributed by atoms with Gasteiger partial charge in [-0.3, -0.25) is 14.4 Å². The number of carbonyl (C=O) groups excluding carboxylic acids is 4. The third kappa shape index (κ3) is 8.71. The number of rotatable bonds is 9. The van der Waals surface area contributed by atoms with E-state index in [0.717, 1.165) is 36.9 Å². The van der Waals surface area contributed by atoms with Gasteiger partial charge in [0.1, 0.15) is 17.3 Å². The van der Waals surface area contributed by atoms with Crippen LogP contribution in [0.25, 0.3) is 11.4 Å². The number of aromatic nitrogens is 2. The van der Waals surface area contributed by atoms with E-state index in [-0.39, 0.29) is 50.1 Å². The van der Waals surface area contributed by atoms with E-state index < -0.39 is 29.6 Å². The number of nitrogens with one attached hydrogen (secondary N) is 1. The number of piperazine rings is 1. The third-order valence-corrected chi connectivity index (χ3v) is 8.12. The van der Waals surface area contributed by atoms with Crippen molar-refractivity contribution in [1.82, 2.24) is 25.1 Å². The molecule has 11 nitrogen and oxygen atoms in total. The van der Waals surface area contributed by atoms with Crippen LogP contribution in [0.15, 0.2) is 35.2 Å². The highest BCUT2D eigenvalue weighted by molar-refractivity contribution is 7.80. The van der Waals surface area contributed by atoms with Gasteiger partial charge in [-0.25, -0.2) is 14.8 Å². The van der Waals surface area contributed by atoms with Gasteiger partial charge < -0.3 is 24.6 Å². The van der Waals surface area contributed by atoms with Crippen LogP contribution in [0.3, 0.4) is 0 Å². The molecule has 12 heteroatoms. The molecule has 1 N–H and O–H groups in total. The molecule has 1 saturated heterocycles. The molecule has 0 spiro atoms. The first kappa shape index (κ1) is 33.2. The predicted octanol–water partition coefficient (Wildman–Crippen LogP) is 4.61. The minimum Gasteiger partial charge on any atom is -0.460 e. The molecule has 1 saturated carbocycles. The number of amides is 3. The zero-order valence-corrected chi connectivity index (χ0v) is 26.9. The zero-order valence-electron chi connectivity index (χ0n) is 26.0. The van der Waals surface area contributed by atoms with Crippen molar-refractivity contribution in [2.45, 2.75) is 88.7 Å². The van der Waals surface area contributed by atoms with Gasteiger partial charge in [0.25, 0.3) is 5.91 Å². The van der Waals surface area contributed by atoms with E-state index >= 15 is 0 Å². The van der Waals surface area contributed by atoms with E-state index in [1.807, 2.05) is 30.3 Å². The van der Waals surface area contributed by atoms with Crippen LogP contribution >= 0.6 is 12.6 Å². The highest BCUT2D eigenvalue weighted by atomic mass is 32.1. The second-order valence-corrected chi connectivity index (χ2v) is 12.6. The average molecular weight is 626 g/mol. The minimum absolute atomic E-state index is 0.0333. The standard InChI is InChI=1S/C32H43N5O6S/c1-5-42-31(41)37-19-17-36(18-20-37)30(40)23(15-16-24(38)43-32(2,3)4)33-29(39)26-27(44)25(21-11-9-10-12-21)34-28(35-26)22-13-7-6-8-14-22/h6-8,13-14,21,23,44H,5,9-12,15-20H2,1-4H3,(H,33,39)/t23-/m0/s1. The van der Waals surface area contributed by atoms with Gasteiger partial charge in [-0.2, -0.15) is 0 Å². The Balaban J connectivity index is 1.59. The lowest BCUT2D eigenvalue weighted by atomic mass is 10.0. The summed E-state index contributed by atoms with van der Waals surface area (Å²) >= 11 is 4.73. The van der Waals surface area contributed by atoms with E-state index in [1.165, 1.54) is 0 Å². The minimum atomic E-state index is -1.03. The summed E-state index contributed by atoms with van der Waals surface area (Å²) in [6.07, 6.45) is 3.60. The van der Waals surface area contributed by atoms with Crippen LogP contribution in [-0.4, -0.2) is 88.1 Å². The summed E-state index contributed by atoms with van der Waals surface area (Å²) in [6.45, 7) is 8.46. The Morgan fingerprint density at radius 2 is 1.64 bits per heavy atom. The summed E-state index contributed by atoms with van der Waals surface area (Å²) in [7, 11) is 0. The SMILES string of the molecule is CCOC(=O)N1CCN(C(=O)[C@H](CCC(=O)OC(C)(C)C)NC(=O)c2nc(-c3ccccc3)nc(C3CCCC3)c2S)CC1. The molecule has 1 aliphatic carbocycles. The van der Waals surface area contributed by atoms with Crippen LogP contribution in [0.2, 0.25) is 0 Å². The summed E-state index contributed by atoms with van der Waals surface area (Å²) in [5, 5.41) is 2.86. The Morgan fingerprint density at radius 3 is 2.25 bits per heavy atom. The molecule has 2 heterocycles. The number of thiol groups is 1. The summed E-state index contributed by atoms with van der Waals surface area (Å²) in [6, 6.07) is 8.41. The van der Waals surface area contributed by atoms with E-state index in [0.29, 0.717) is 23.8 Å². The molecule has 44 heavy (non-hydrogen) atoms. The van der Waals surface area contributed by atoms with Crippen molar-refractivity contribution < 1.29 is 28.7 Å². The lowest BCUT2D eigenvalue weighted by Crippen LogP contribution is -2.56. The Bertz CT molecular complexity index is 1330. The highest BCUT2D eigenvalue weighted by Crippen LogP contribution is 2.37. The monoisotopic (exact) mass is 625 g/mol. The second-order valence-electron chi connectivity index (χ2n) is 12.1. The first-order chi connectivity index (χ1) is 21.0. The molecule has 2 aliphatic rings. The van der Waals surface area contributed by atoms with Crippen molar-refractivity contribution in [2.75, 3.05) is 32.8 Å². The predicted molar refractivity (Wildman–Crippen MR) is 167 cm³/mol. The molecule has 2 aromatic rings. The molecule has 0 bridgehead atoms. The molecule has 2 fully saturated rings. The van der Waals surface area contributed by atoms with Gasteiger partial charge in [0.15, 0.2) is 5.82 Å². The van der Waals surface area contributed by atoms with Crippen molar-refractivity contribution >= 4 is 36.5 Å². The smallest absolute Gasteiger partial charge is 0.409 e. The van der Waals surface area contributed by atoms with Crippen LogP contribution in [0.5, 0.6) is 0 Å². The quantitative estimate of drug-likeness (QED) is 0.305. The first-order valence-corrected chi connectivity index (χ1v) is 15.8. The highest BCUT2D eigenvalue weighted by Gasteiger charge is 2.33. The van der Waals surface area contributed by atoms with Crippen LogP contribution in [0.4, 0.5) is 4.79 Å². The normalized spacial score (nSPS) is 16.4. The number of nitrogens with zero attached hydrogens (tertiary/aromatic N) is 4. The first-order valence-electron chi connectivity index (χ1n) is 15.4. The van der Waals surface area contributed by atoms with Crippen molar-refractivity contribution in [2.24, 2.45) is 0 Å². The zero-order chi connectivity index (χ0) is 31.9. The Morgan fingerprint density at radius 1 is 1.00 bits per heavy atom. The maximum atomic E-state index is 13.9. The number of hydrogen-bond acceptors (Lipinski definition) is 9. The number of benzene rings is 1. The molecule has 238 valence electrons. The van der Waals surface area contributed by atoms with Crippen molar-refractivity contribution in [3.05, 3.63) is 41.7 Å². The topological polar surface area (TPSA) is 131 Å². The van der Waals surface area contributed by atoms with Gasteiger partial charge in [0.2, 0.25) is 5.91 Å². The molecule has 1 aromatic carbocycles. The second kappa shape index (κ2) is 14.9. The largest absolute Gasteiger partial charge is 0.460 e. The van der Waals surface area contributed by atoms with E-state index in [2.05, 4.69) is 10.3 Å². The fourth-order valence-corrected chi connectivity index (χ4v) is 5.90. The van der Waals surface area contributed by atoms with Crippen molar-refractivity contribution in [1.29, 1.82) is 0 Å². The number of hydrogen-bond donors (Lipinski definition) is 2. The van der Waals surface area contributed by atoms with Gasteiger partial charge in [-0.15, -0.1) is 12.6 Å². The molecule has 1 atom stereocenters. The van der Waals surface area contributed by atoms with Gasteiger partial charge in [0.05, 0.1) is 17.2 Å². The molecule has 0 radical (unpaired) electrons. The van der Waals surface area contributed by atoms with Crippen LogP contribution < -0.4 is 5.32 Å². The van der Waals surface area contributed by atoms with Crippen LogP contribution in [0, 0.1) is 0 Å². The summed E-state index contributed by atoms with van der Waals surface area (Å²) in [4.78, 5) is 65.4. The molecular formula is C32H43N5O6S. The number of carbonyl (C=O) groups is 4. The molecular weight excluding hydrogens is 582 g/mol. The Kier molecular flexibility index (Phi) is 11.2. The van der Waals surface area contributed by atoms with Crippen LogP contribution in [0.1, 0.15) is 88.3 Å². The fraction of sp³-hybridized carbons (Fsp3) is 0.562. The summed E-state index contributed by atoms with van der Waals surface area (Å²) in [5.41, 5.74) is 0.907. The number of esters is 1. The molecule has 1 aliphatic heterocycles. The van der Waals surface area contributed by atoms with E-state index in [4.69, 9.17) is 27.1 Å². The van der Waals surface area contributed by atoms with Crippen molar-refractivity contribution in [3.63, 3.8) is 0 Å². The van der Waals surface area contributed by atoms with Gasteiger partial charge in [-0.1, -0.05) is 43.2 Å². The lowest BCUT2D eigenvalue weighted by Gasteiger charge is -2.36. The van der Waals surface area contributed by atoms with Gasteiger partial charge in [0, 0.05) is 44.1 Å². The maximum absolute atomic E-state index is 13.9. The third-order valence-electron chi connectivity index (χ3n) is 7.68. The molecule has 3 amide bonds. The summed E-state index contributed by atoms with van der Waals surface area (Å²) in [5.74, 6) is -0.800. The van der Waals surface area contributed by atoms with E-state index in [9.17, 15) is 19.2 Å². The van der Waals surface area contributed by atoms with Crippen LogP contribution in [-0.2, 0) is 19.1 Å². The van der Waals surface area contributed by atoms with Gasteiger partial charge >= 0.3 is 12.1 Å². The average Bonchev–Trinajstić information content (AvgIpc) is 3.53. The van der Waals surface area contributed by atoms with Crippen molar-refractivity contribution in [3.8, 4) is 11.4 Å². The molecule has 0 unspecified atom stereocenters. The maximum Gasteiger partial charge on any atom is 0.409 e. The van der Waals surface area contributed by atoms with E-state index in [1.54, 1.807) is 37.5 Å². The molecule has 1 aromatic heterocycles. The summed E-state index contributed by atoms with van der Waals surface area (Å²) < 4.78 is 10.5. The van der Waals surface area contributed by atoms with Gasteiger partial charge in [-0.05, 0) is 47.0 Å².